The highest BCUT2D eigenvalue weighted by atomic mass is 16.3. The van der Waals surface area contributed by atoms with E-state index in [-0.39, 0.29) is 6.10 Å². The summed E-state index contributed by atoms with van der Waals surface area (Å²) in [6, 6.07) is 0. The fourth-order valence-corrected chi connectivity index (χ4v) is 4.85. The van der Waals surface area contributed by atoms with E-state index in [4.69, 9.17) is 0 Å². The number of hydrogen-bond donors (Lipinski definition) is 1. The Balaban J connectivity index is 1.94. The number of rotatable bonds is 0. The zero-order chi connectivity index (χ0) is 10.8. The molecule has 0 aromatic rings. The third kappa shape index (κ3) is 1.19. The van der Waals surface area contributed by atoms with Crippen LogP contribution in [0.3, 0.4) is 0 Å². The van der Waals surface area contributed by atoms with E-state index in [1.54, 1.807) is 0 Å². The van der Waals surface area contributed by atoms with E-state index in [1.165, 1.54) is 19.3 Å². The summed E-state index contributed by atoms with van der Waals surface area (Å²) in [6.07, 6.45) is 4.93. The molecule has 0 radical (unpaired) electrons. The van der Waals surface area contributed by atoms with Gasteiger partial charge in [0.1, 0.15) is 0 Å². The molecule has 0 unspecified atom stereocenters. The second kappa shape index (κ2) is 2.88. The van der Waals surface area contributed by atoms with E-state index >= 15 is 0 Å². The average molecular weight is 206 g/mol. The van der Waals surface area contributed by atoms with E-state index < -0.39 is 0 Å². The van der Waals surface area contributed by atoms with Gasteiger partial charge in [-0.25, -0.2) is 0 Å². The summed E-state index contributed by atoms with van der Waals surface area (Å²) in [7, 11) is 0. The van der Waals surface area contributed by atoms with Crippen molar-refractivity contribution in [1.82, 2.24) is 0 Å². The van der Waals surface area contributed by atoms with Crippen LogP contribution in [0.2, 0.25) is 0 Å². The van der Waals surface area contributed by atoms with Crippen molar-refractivity contribution in [2.75, 3.05) is 0 Å². The summed E-state index contributed by atoms with van der Waals surface area (Å²) in [6.45, 7) is 8.98. The maximum absolute atomic E-state index is 9.89. The predicted octanol–water partition coefficient (Wildman–Crippen LogP) is 3.00. The molecule has 0 aliphatic heterocycles. The van der Waals surface area contributed by atoms with Crippen molar-refractivity contribution in [3.63, 3.8) is 0 Å². The average Bonchev–Trinajstić information content (AvgIpc) is 2.71. The van der Waals surface area contributed by atoms with E-state index in [1.807, 2.05) is 0 Å². The molecule has 1 N–H and O–H groups in total. The third-order valence-electron chi connectivity index (χ3n) is 5.45. The molecule has 15 heavy (non-hydrogen) atoms. The van der Waals surface area contributed by atoms with Crippen molar-refractivity contribution in [2.24, 2.45) is 29.1 Å². The first-order valence-corrected chi connectivity index (χ1v) is 6.37. The summed E-state index contributed by atoms with van der Waals surface area (Å²) in [5.41, 5.74) is 1.64. The number of fused-ring (bicyclic) bond motifs is 3. The largest absolute Gasteiger partial charge is 0.389 e. The topological polar surface area (TPSA) is 20.2 Å². The van der Waals surface area contributed by atoms with Crippen molar-refractivity contribution < 1.29 is 5.11 Å². The van der Waals surface area contributed by atoms with Crippen LogP contribution < -0.4 is 0 Å². The number of hydrogen-bond acceptors (Lipinski definition) is 1. The normalized spacial score (nSPS) is 51.9. The minimum atomic E-state index is -0.197. The van der Waals surface area contributed by atoms with E-state index in [9.17, 15) is 5.11 Å². The SMILES string of the molecule is C=C1[C@H]2[C@H](C[C@@H]3CCC(C)(C)[C@@H]32)C[C@@H]1O. The van der Waals surface area contributed by atoms with Crippen LogP contribution in [0.25, 0.3) is 0 Å². The second-order valence-electron chi connectivity index (χ2n) is 6.66. The summed E-state index contributed by atoms with van der Waals surface area (Å²) in [5.74, 6) is 3.14. The van der Waals surface area contributed by atoms with Gasteiger partial charge in [-0.3, -0.25) is 0 Å². The van der Waals surface area contributed by atoms with Gasteiger partial charge >= 0.3 is 0 Å². The Labute approximate surface area is 92.6 Å². The molecule has 3 aliphatic rings. The lowest BCUT2D eigenvalue weighted by molar-refractivity contribution is 0.182. The van der Waals surface area contributed by atoms with Crippen LogP contribution >= 0.6 is 0 Å². The maximum Gasteiger partial charge on any atom is 0.0753 e. The minimum Gasteiger partial charge on any atom is -0.389 e. The van der Waals surface area contributed by atoms with Crippen LogP contribution in [0.1, 0.15) is 39.5 Å². The predicted molar refractivity (Wildman–Crippen MR) is 61.4 cm³/mol. The lowest BCUT2D eigenvalue weighted by Crippen LogP contribution is -2.27. The second-order valence-corrected chi connectivity index (χ2v) is 6.66. The van der Waals surface area contributed by atoms with Gasteiger partial charge in [0.2, 0.25) is 0 Å². The molecule has 3 aliphatic carbocycles. The molecule has 0 saturated heterocycles. The van der Waals surface area contributed by atoms with Gasteiger partial charge in [0, 0.05) is 0 Å². The van der Waals surface area contributed by atoms with Crippen LogP contribution in [0.5, 0.6) is 0 Å². The van der Waals surface area contributed by atoms with Gasteiger partial charge in [0.15, 0.2) is 0 Å². The molecule has 3 rings (SSSR count). The maximum atomic E-state index is 9.89. The molecular formula is C14H22O. The molecule has 0 amide bonds. The van der Waals surface area contributed by atoms with E-state index in [0.717, 1.165) is 29.7 Å². The number of aliphatic hydroxyl groups excluding tert-OH is 1. The van der Waals surface area contributed by atoms with Crippen molar-refractivity contribution in [3.8, 4) is 0 Å². The lowest BCUT2D eigenvalue weighted by Gasteiger charge is -2.32. The zero-order valence-electron chi connectivity index (χ0n) is 9.87. The van der Waals surface area contributed by atoms with Crippen LogP contribution in [-0.4, -0.2) is 11.2 Å². The van der Waals surface area contributed by atoms with E-state index in [2.05, 4.69) is 20.4 Å². The first kappa shape index (κ1) is 9.89. The first-order valence-electron chi connectivity index (χ1n) is 6.37. The van der Waals surface area contributed by atoms with Gasteiger partial charge in [0.25, 0.3) is 0 Å². The summed E-state index contributed by atoms with van der Waals surface area (Å²) in [4.78, 5) is 0. The highest BCUT2D eigenvalue weighted by Crippen LogP contribution is 2.63. The Morgan fingerprint density at radius 2 is 2.00 bits per heavy atom. The molecule has 5 atom stereocenters. The highest BCUT2D eigenvalue weighted by Gasteiger charge is 2.57. The Morgan fingerprint density at radius 3 is 2.73 bits per heavy atom. The van der Waals surface area contributed by atoms with Crippen LogP contribution in [0.15, 0.2) is 12.2 Å². The van der Waals surface area contributed by atoms with E-state index in [0.29, 0.717) is 11.3 Å². The van der Waals surface area contributed by atoms with Gasteiger partial charge in [-0.1, -0.05) is 20.4 Å². The van der Waals surface area contributed by atoms with Crippen molar-refractivity contribution in [3.05, 3.63) is 12.2 Å². The van der Waals surface area contributed by atoms with Gasteiger partial charge < -0.3 is 5.11 Å². The fourth-order valence-electron chi connectivity index (χ4n) is 4.85. The van der Waals surface area contributed by atoms with Gasteiger partial charge in [-0.05, 0) is 60.3 Å². The third-order valence-corrected chi connectivity index (χ3v) is 5.45. The Morgan fingerprint density at radius 1 is 1.27 bits per heavy atom. The van der Waals surface area contributed by atoms with Gasteiger partial charge in [0.05, 0.1) is 6.10 Å². The molecule has 84 valence electrons. The molecule has 0 aromatic heterocycles. The fraction of sp³-hybridized carbons (Fsp3) is 0.857. The molecule has 0 aromatic carbocycles. The zero-order valence-corrected chi connectivity index (χ0v) is 9.87. The van der Waals surface area contributed by atoms with Crippen LogP contribution in [0.4, 0.5) is 0 Å². The molecule has 0 heterocycles. The molecular weight excluding hydrogens is 184 g/mol. The monoisotopic (exact) mass is 206 g/mol. The Hall–Kier alpha value is -0.300. The lowest BCUT2D eigenvalue weighted by atomic mass is 9.72. The van der Waals surface area contributed by atoms with Gasteiger partial charge in [-0.2, -0.15) is 0 Å². The highest BCUT2D eigenvalue weighted by molar-refractivity contribution is 5.22. The summed E-state index contributed by atoms with van der Waals surface area (Å²) in [5, 5.41) is 9.89. The van der Waals surface area contributed by atoms with Crippen molar-refractivity contribution in [2.45, 2.75) is 45.6 Å². The summed E-state index contributed by atoms with van der Waals surface area (Å²) >= 11 is 0. The Bertz CT molecular complexity index is 304. The van der Waals surface area contributed by atoms with Crippen LogP contribution in [-0.2, 0) is 0 Å². The summed E-state index contributed by atoms with van der Waals surface area (Å²) < 4.78 is 0. The number of aliphatic hydroxyl groups is 1. The molecule has 3 saturated carbocycles. The standard InChI is InChI=1S/C14H22O/c1-8-11(15)7-10-6-9-4-5-14(2,3)13(9)12(8)10/h9-13,15H,1,4-7H2,2-3H3/t9-,10+,11-,12-,13-/m0/s1. The van der Waals surface area contributed by atoms with Crippen LogP contribution in [0, 0.1) is 29.1 Å². The molecule has 0 spiro atoms. The molecule has 0 bridgehead atoms. The molecule has 3 fully saturated rings. The molecule has 1 nitrogen and oxygen atoms in total. The van der Waals surface area contributed by atoms with Gasteiger partial charge in [-0.15, -0.1) is 0 Å². The smallest absolute Gasteiger partial charge is 0.0753 e. The minimum absolute atomic E-state index is 0.197. The first-order chi connectivity index (χ1) is 7.00. The van der Waals surface area contributed by atoms with Crippen molar-refractivity contribution >= 4 is 0 Å². The quantitative estimate of drug-likeness (QED) is 0.604. The Kier molecular flexibility index (Phi) is 1.90. The molecule has 1 heteroatoms. The van der Waals surface area contributed by atoms with Crippen molar-refractivity contribution in [1.29, 1.82) is 0 Å².